The second-order valence-electron chi connectivity index (χ2n) is 9.95. The molecular weight excluding hydrogens is 476 g/mol. The Balaban J connectivity index is 1.54. The number of para-hydroxylation sites is 4. The molecule has 0 radical (unpaired) electrons. The van der Waals surface area contributed by atoms with Gasteiger partial charge in [-0.15, -0.1) is 0 Å². The molecule has 0 atom stereocenters. The van der Waals surface area contributed by atoms with Gasteiger partial charge in [-0.3, -0.25) is 9.47 Å². The topological polar surface area (TPSA) is 34.0 Å². The monoisotopic (exact) mass is 500 g/mol. The minimum atomic E-state index is 0.892. The number of pyridine rings is 2. The number of nitrogens with zero attached hydrogens (tertiary/aromatic N) is 4. The van der Waals surface area contributed by atoms with Crippen LogP contribution in [0.1, 0.15) is 5.56 Å². The molecule has 0 saturated heterocycles. The summed E-state index contributed by atoms with van der Waals surface area (Å²) in [6.45, 7) is 2.13. The van der Waals surface area contributed by atoms with E-state index in [1.807, 2.05) is 18.3 Å². The van der Waals surface area contributed by atoms with Crippen LogP contribution in [0.5, 0.6) is 0 Å². The number of fused-ring (bicyclic) bond motifs is 8. The van der Waals surface area contributed by atoms with E-state index < -0.39 is 0 Å². The highest BCUT2D eigenvalue weighted by Gasteiger charge is 2.32. The zero-order chi connectivity index (χ0) is 25.9. The van der Waals surface area contributed by atoms with E-state index in [9.17, 15) is 0 Å². The van der Waals surface area contributed by atoms with Crippen molar-refractivity contribution in [1.29, 1.82) is 0 Å². The third kappa shape index (κ3) is 3.18. The van der Waals surface area contributed by atoms with Crippen LogP contribution in [0.4, 0.5) is 17.2 Å². The lowest BCUT2D eigenvalue weighted by molar-refractivity contribution is 1.03. The van der Waals surface area contributed by atoms with Crippen molar-refractivity contribution in [3.05, 3.63) is 133 Å². The number of anilines is 3. The summed E-state index contributed by atoms with van der Waals surface area (Å²) in [4.78, 5) is 12.3. The minimum Gasteiger partial charge on any atom is -0.294 e. The van der Waals surface area contributed by atoms with Crippen molar-refractivity contribution >= 4 is 39.0 Å². The molecule has 4 heteroatoms. The molecule has 4 aromatic carbocycles. The average Bonchev–Trinajstić information content (AvgIpc) is 3.26. The van der Waals surface area contributed by atoms with E-state index >= 15 is 0 Å². The third-order valence-corrected chi connectivity index (χ3v) is 7.70. The molecule has 1 aliphatic rings. The number of aromatic nitrogens is 3. The molecule has 8 rings (SSSR count). The molecule has 4 heterocycles. The summed E-state index contributed by atoms with van der Waals surface area (Å²) in [7, 11) is 0. The van der Waals surface area contributed by atoms with Crippen molar-refractivity contribution in [1.82, 2.24) is 14.5 Å². The second kappa shape index (κ2) is 8.40. The first-order chi connectivity index (χ1) is 19.3. The molecule has 0 unspecified atom stereocenters. The van der Waals surface area contributed by atoms with Crippen molar-refractivity contribution < 1.29 is 0 Å². The Bertz CT molecular complexity index is 2050. The van der Waals surface area contributed by atoms with Crippen LogP contribution in [0.3, 0.4) is 0 Å². The van der Waals surface area contributed by atoms with Gasteiger partial charge in [-0.2, -0.15) is 0 Å². The summed E-state index contributed by atoms with van der Waals surface area (Å²) in [5.74, 6) is 1.84. The van der Waals surface area contributed by atoms with E-state index in [2.05, 4.69) is 126 Å². The summed E-state index contributed by atoms with van der Waals surface area (Å²) in [6.07, 6.45) is 1.88. The summed E-state index contributed by atoms with van der Waals surface area (Å²) in [5.41, 5.74) is 10.1. The van der Waals surface area contributed by atoms with Gasteiger partial charge in [0.1, 0.15) is 11.6 Å². The lowest BCUT2D eigenvalue weighted by Gasteiger charge is -2.26. The smallest absolute Gasteiger partial charge is 0.140 e. The van der Waals surface area contributed by atoms with Gasteiger partial charge >= 0.3 is 0 Å². The first-order valence-corrected chi connectivity index (χ1v) is 13.2. The maximum absolute atomic E-state index is 5.15. The van der Waals surface area contributed by atoms with Crippen LogP contribution in [0.2, 0.25) is 0 Å². The molecule has 3 aromatic heterocycles. The second-order valence-corrected chi connectivity index (χ2v) is 9.95. The van der Waals surface area contributed by atoms with Crippen LogP contribution in [0.25, 0.3) is 50.0 Å². The van der Waals surface area contributed by atoms with Gasteiger partial charge in [0.05, 0.1) is 28.1 Å². The Morgan fingerprint density at radius 3 is 2.21 bits per heavy atom. The maximum atomic E-state index is 5.15. The van der Waals surface area contributed by atoms with Crippen molar-refractivity contribution in [2.75, 3.05) is 4.90 Å². The summed E-state index contributed by atoms with van der Waals surface area (Å²) in [6, 6.07) is 42.7. The summed E-state index contributed by atoms with van der Waals surface area (Å²) in [5, 5.41) is 2.33. The van der Waals surface area contributed by atoms with Gasteiger partial charge in [-0.25, -0.2) is 9.97 Å². The molecule has 0 N–H and O–H groups in total. The van der Waals surface area contributed by atoms with E-state index in [-0.39, 0.29) is 0 Å². The average molecular weight is 501 g/mol. The quantitative estimate of drug-likeness (QED) is 0.237. The van der Waals surface area contributed by atoms with E-state index in [4.69, 9.17) is 9.97 Å². The Morgan fingerprint density at radius 2 is 1.33 bits per heavy atom. The van der Waals surface area contributed by atoms with Crippen LogP contribution >= 0.6 is 0 Å². The van der Waals surface area contributed by atoms with Gasteiger partial charge in [0.15, 0.2) is 0 Å². The number of hydrogen-bond acceptors (Lipinski definition) is 3. The fraction of sp³-hybridized carbons (Fsp3) is 0.0286. The minimum absolute atomic E-state index is 0.892. The SMILES string of the molecule is Cc1cccnc1-n1c2c(c3ccccc31)-c1ccccc1N(c1ccc3ccccc3n1)c1ccccc1-2. The van der Waals surface area contributed by atoms with Crippen LogP contribution in [0.15, 0.2) is 128 Å². The molecule has 0 spiro atoms. The van der Waals surface area contributed by atoms with E-state index in [1.54, 1.807) is 0 Å². The van der Waals surface area contributed by atoms with E-state index in [0.29, 0.717) is 0 Å². The summed E-state index contributed by atoms with van der Waals surface area (Å²) >= 11 is 0. The Kier molecular flexibility index (Phi) is 4.70. The van der Waals surface area contributed by atoms with Crippen LogP contribution in [-0.2, 0) is 0 Å². The molecular formula is C35H24N4. The number of benzene rings is 4. The maximum Gasteiger partial charge on any atom is 0.140 e. The lowest BCUT2D eigenvalue weighted by atomic mass is 9.98. The fourth-order valence-electron chi connectivity index (χ4n) is 6.00. The highest BCUT2D eigenvalue weighted by atomic mass is 15.2. The molecule has 7 aromatic rings. The van der Waals surface area contributed by atoms with Crippen molar-refractivity contribution in [2.24, 2.45) is 0 Å². The Morgan fingerprint density at radius 1 is 0.615 bits per heavy atom. The molecule has 184 valence electrons. The Labute approximate surface area is 226 Å². The van der Waals surface area contributed by atoms with Gasteiger partial charge in [0.2, 0.25) is 0 Å². The highest BCUT2D eigenvalue weighted by molar-refractivity contribution is 6.12. The zero-order valence-corrected chi connectivity index (χ0v) is 21.4. The molecule has 39 heavy (non-hydrogen) atoms. The first-order valence-electron chi connectivity index (χ1n) is 13.2. The zero-order valence-electron chi connectivity index (χ0n) is 21.4. The van der Waals surface area contributed by atoms with Crippen molar-refractivity contribution in [3.63, 3.8) is 0 Å². The predicted molar refractivity (Wildman–Crippen MR) is 160 cm³/mol. The summed E-state index contributed by atoms with van der Waals surface area (Å²) < 4.78 is 2.34. The van der Waals surface area contributed by atoms with Gasteiger partial charge in [-0.05, 0) is 55.0 Å². The molecule has 4 nitrogen and oxygen atoms in total. The van der Waals surface area contributed by atoms with Gasteiger partial charge in [0.25, 0.3) is 0 Å². The standard InChI is InChI=1S/C35H24N4/c1-23-11-10-22-36-35(23)39-30-18-8-4-14-26(30)33-25-13-3-7-17-29(25)38(31-19-9-5-15-27(31)34(33)39)32-21-20-24-12-2-6-16-28(24)37-32/h2-22H,1H3. The third-order valence-electron chi connectivity index (χ3n) is 7.70. The number of rotatable bonds is 2. The fourth-order valence-corrected chi connectivity index (χ4v) is 6.00. The van der Waals surface area contributed by atoms with Gasteiger partial charge < -0.3 is 0 Å². The molecule has 0 aliphatic carbocycles. The molecule has 1 aliphatic heterocycles. The van der Waals surface area contributed by atoms with E-state index in [0.717, 1.165) is 56.3 Å². The highest BCUT2D eigenvalue weighted by Crippen LogP contribution is 2.54. The Hall–Kier alpha value is -5.22. The lowest BCUT2D eigenvalue weighted by Crippen LogP contribution is -2.13. The van der Waals surface area contributed by atoms with E-state index in [1.165, 1.54) is 16.5 Å². The first kappa shape index (κ1) is 21.8. The number of aryl methyl sites for hydroxylation is 1. The van der Waals surface area contributed by atoms with Crippen LogP contribution in [0, 0.1) is 6.92 Å². The molecule has 0 saturated carbocycles. The molecule has 0 fully saturated rings. The largest absolute Gasteiger partial charge is 0.294 e. The van der Waals surface area contributed by atoms with Gasteiger partial charge in [0, 0.05) is 33.7 Å². The van der Waals surface area contributed by atoms with Gasteiger partial charge in [-0.1, -0.05) is 78.9 Å². The predicted octanol–water partition coefficient (Wildman–Crippen LogP) is 9.00. The van der Waals surface area contributed by atoms with Crippen LogP contribution in [-0.4, -0.2) is 14.5 Å². The molecule has 0 amide bonds. The normalized spacial score (nSPS) is 12.2. The van der Waals surface area contributed by atoms with Crippen molar-refractivity contribution in [3.8, 4) is 28.2 Å². The number of hydrogen-bond donors (Lipinski definition) is 0. The van der Waals surface area contributed by atoms with Crippen molar-refractivity contribution in [2.45, 2.75) is 6.92 Å². The van der Waals surface area contributed by atoms with Crippen LogP contribution < -0.4 is 4.90 Å². The molecule has 0 bridgehead atoms.